The first-order chi connectivity index (χ1) is 57.3. The molecule has 0 aromatic heterocycles. The molecule has 0 heterocycles. The van der Waals surface area contributed by atoms with E-state index in [2.05, 4.69) is 81.4 Å². The summed E-state index contributed by atoms with van der Waals surface area (Å²) >= 11 is 0. The van der Waals surface area contributed by atoms with Gasteiger partial charge >= 0.3 is 41.8 Å². The van der Waals surface area contributed by atoms with Crippen LogP contribution in [-0.2, 0) is 91.1 Å². The quantitative estimate of drug-likeness (QED) is 0.0195. The minimum atomic E-state index is -0.439. The van der Waals surface area contributed by atoms with Gasteiger partial charge in [0.05, 0.1) is 152 Å². The number of rotatable bonds is 44. The Labute approximate surface area is 727 Å². The lowest BCUT2D eigenvalue weighted by Crippen LogP contribution is -2.40. The molecule has 10 atom stereocenters. The second kappa shape index (κ2) is 69.6. The van der Waals surface area contributed by atoms with Crippen LogP contribution >= 0.6 is 0 Å². The van der Waals surface area contributed by atoms with Gasteiger partial charge in [-0.15, -0.1) is 0 Å². The minimum Gasteiger partial charge on any atom is -0.464 e. The van der Waals surface area contributed by atoms with E-state index < -0.39 is 11.9 Å². The van der Waals surface area contributed by atoms with Crippen molar-refractivity contribution in [1.29, 1.82) is 21.0 Å². The standard InChI is InChI=1S/C24H26O4.C16H26O4.C14H22O2.3C9H17NO2.C8H13NO2.C8H14O2/c1-7-24(6,18-8-12-20(13-9-18)27-22(25)16(2)3)19-10-14-21(15-11-19)28-23(26)17(4)5;1-5-12(4)16(18)20-14-8-6-13(7-9-14)10-19-15(17)11(2)3;1-5-14(4)11-7-6-10(8-11)12(14)16-13(15)9(2)3;3*1-3-9(2)12-8-7-11-6-4-5-10;1-3-7(2)8(10)11-6-4-5-9;1-5-7(4)10-8(9)6(2)3/h8-15H,2,4,7H2,1,3,5-6H3;12-14H,2,5-10H2,1,3-4H3;10-12H,2,5-8H2,1,3-4H3;3*9H,3-4,6-8H2,1-2H3;7H,3-4,6H2,1-2H3;7H,2,5H2,1,3-4H3. The summed E-state index contributed by atoms with van der Waals surface area (Å²) in [6, 6.07) is 22.9. The van der Waals surface area contributed by atoms with E-state index in [9.17, 15) is 33.6 Å². The Balaban J connectivity index is -0.00000135. The minimum absolute atomic E-state index is 0.00389. The number of fused-ring (bicyclic) bond motifs is 2. The van der Waals surface area contributed by atoms with E-state index in [1.165, 1.54) is 19.3 Å². The van der Waals surface area contributed by atoms with E-state index in [0.717, 1.165) is 94.1 Å². The topological polar surface area (TPSA) is 335 Å². The smallest absolute Gasteiger partial charge is 0.338 e. The van der Waals surface area contributed by atoms with Crippen LogP contribution in [0.5, 0.6) is 11.5 Å². The fourth-order valence-corrected chi connectivity index (χ4v) is 11.3. The van der Waals surface area contributed by atoms with Gasteiger partial charge in [0.2, 0.25) is 0 Å². The summed E-state index contributed by atoms with van der Waals surface area (Å²) in [4.78, 5) is 79.7. The van der Waals surface area contributed by atoms with Crippen LogP contribution in [-0.4, -0.2) is 151 Å². The van der Waals surface area contributed by atoms with Gasteiger partial charge in [-0.1, -0.05) is 140 Å². The van der Waals surface area contributed by atoms with E-state index in [1.807, 2.05) is 111 Å². The molecule has 0 N–H and O–H groups in total. The van der Waals surface area contributed by atoms with Gasteiger partial charge in [-0.2, -0.15) is 21.0 Å². The summed E-state index contributed by atoms with van der Waals surface area (Å²) < 4.78 is 68.0. The number of carbonyl (C=O) groups excluding carboxylic acids is 7. The molecule has 3 saturated carbocycles. The van der Waals surface area contributed by atoms with Crippen LogP contribution in [0.25, 0.3) is 0 Å². The van der Waals surface area contributed by atoms with Crippen LogP contribution in [0.1, 0.15) is 279 Å². The maximum Gasteiger partial charge on any atom is 0.338 e. The molecule has 3 fully saturated rings. The molecule has 3 aliphatic carbocycles. The Morgan fingerprint density at radius 2 is 0.810 bits per heavy atom. The van der Waals surface area contributed by atoms with Crippen molar-refractivity contribution >= 4 is 41.8 Å². The SMILES string of the molecule is C=C(C)C(=O)OC(C)CC.C=C(C)C(=O)OC1C2CCC(C2)C1(C)CC.C=C(C)C(=O)OCC1CCC(OC(=O)C(C)CC)CC1.C=C(C)C(=O)Oc1ccc(C(C)(CC)c2ccc(OC(=O)C(=C)C)cc2)cc1.CCC(C)C(=O)OCCC#N.CCC(C)OCCOCCC#N.CCC(C)OCCOCCC#N.CCC(C)OCCOCCC#N. The molecule has 2 aromatic rings. The van der Waals surface area contributed by atoms with Crippen LogP contribution in [0.3, 0.4) is 0 Å². The first-order valence-corrected chi connectivity index (χ1v) is 43.3. The van der Waals surface area contributed by atoms with Gasteiger partial charge in [0.1, 0.15) is 30.3 Å². The number of ether oxygens (including phenoxy) is 13. The van der Waals surface area contributed by atoms with Crippen molar-refractivity contribution in [2.24, 2.45) is 35.0 Å². The van der Waals surface area contributed by atoms with Crippen LogP contribution < -0.4 is 9.47 Å². The third-order valence-electron chi connectivity index (χ3n) is 20.9. The predicted molar refractivity (Wildman–Crippen MR) is 473 cm³/mol. The third-order valence-corrected chi connectivity index (χ3v) is 20.9. The van der Waals surface area contributed by atoms with E-state index in [-0.39, 0.29) is 83.9 Å². The Morgan fingerprint density at radius 1 is 0.438 bits per heavy atom. The molecule has 680 valence electrons. The van der Waals surface area contributed by atoms with Crippen molar-refractivity contribution in [3.63, 3.8) is 0 Å². The fourth-order valence-electron chi connectivity index (χ4n) is 11.3. The van der Waals surface area contributed by atoms with E-state index >= 15 is 0 Å². The molecule has 0 radical (unpaired) electrons. The zero-order valence-corrected chi connectivity index (χ0v) is 77.7. The zero-order chi connectivity index (χ0) is 92.5. The largest absolute Gasteiger partial charge is 0.464 e. The second-order valence-electron chi connectivity index (χ2n) is 31.2. The van der Waals surface area contributed by atoms with E-state index in [0.29, 0.717) is 155 Å². The van der Waals surface area contributed by atoms with Gasteiger partial charge in [-0.05, 0) is 212 Å². The van der Waals surface area contributed by atoms with Gasteiger partial charge in [0.15, 0.2) is 0 Å². The molecule has 2 bridgehead atoms. The lowest BCUT2D eigenvalue weighted by atomic mass is 9.71. The van der Waals surface area contributed by atoms with Gasteiger partial charge in [-0.3, -0.25) is 9.59 Å². The summed E-state index contributed by atoms with van der Waals surface area (Å²) in [5, 5.41) is 32.7. The Hall–Kier alpha value is -8.85. The summed E-state index contributed by atoms with van der Waals surface area (Å²) in [7, 11) is 0. The van der Waals surface area contributed by atoms with Crippen molar-refractivity contribution in [3.8, 4) is 35.8 Å². The maximum absolute atomic E-state index is 11.7. The molecular weight excluding hydrogens is 1540 g/mol. The summed E-state index contributed by atoms with van der Waals surface area (Å²) in [5.41, 5.74) is 4.27. The van der Waals surface area contributed by atoms with Crippen molar-refractivity contribution in [2.45, 2.75) is 309 Å². The zero-order valence-electron chi connectivity index (χ0n) is 77.7. The maximum atomic E-state index is 11.7. The molecule has 0 amide bonds. The molecule has 24 heteroatoms. The summed E-state index contributed by atoms with van der Waals surface area (Å²) in [6.07, 6.45) is 17.6. The first-order valence-electron chi connectivity index (χ1n) is 43.3. The highest BCUT2D eigenvalue weighted by Crippen LogP contribution is 2.58. The average molecular weight is 1690 g/mol. The van der Waals surface area contributed by atoms with Crippen LogP contribution in [0.15, 0.2) is 109 Å². The van der Waals surface area contributed by atoms with Crippen LogP contribution in [0.2, 0.25) is 0 Å². The van der Waals surface area contributed by atoms with Gasteiger partial charge < -0.3 is 61.6 Å². The monoisotopic (exact) mass is 1690 g/mol. The highest BCUT2D eigenvalue weighted by Gasteiger charge is 2.56. The molecule has 3 aliphatic rings. The molecule has 121 heavy (non-hydrogen) atoms. The van der Waals surface area contributed by atoms with Gasteiger partial charge in [0.25, 0.3) is 0 Å². The van der Waals surface area contributed by atoms with Gasteiger partial charge in [0, 0.05) is 38.7 Å². The Kier molecular flexibility index (Phi) is 66.9. The lowest BCUT2D eigenvalue weighted by Gasteiger charge is -2.39. The highest BCUT2D eigenvalue weighted by molar-refractivity contribution is 5.90. The molecule has 0 saturated heterocycles. The first kappa shape index (κ1) is 116. The number of benzene rings is 2. The molecule has 2 aromatic carbocycles. The summed E-state index contributed by atoms with van der Waals surface area (Å²) in [5.74, 6) is 0.610. The predicted octanol–water partition coefficient (Wildman–Crippen LogP) is 20.5. The van der Waals surface area contributed by atoms with Crippen molar-refractivity contribution in [1.82, 2.24) is 0 Å². The number of carbonyl (C=O) groups is 7. The second-order valence-corrected chi connectivity index (χ2v) is 31.2. The van der Waals surface area contributed by atoms with Crippen molar-refractivity contribution < 1.29 is 95.1 Å². The number of nitriles is 4. The molecule has 24 nitrogen and oxygen atoms in total. The number of hydrogen-bond acceptors (Lipinski definition) is 24. The molecule has 0 aliphatic heterocycles. The Morgan fingerprint density at radius 3 is 1.15 bits per heavy atom. The number of nitrogens with zero attached hydrogens (tertiary/aromatic N) is 4. The normalized spacial score (nSPS) is 17.6. The molecule has 5 rings (SSSR count). The van der Waals surface area contributed by atoms with E-state index in [4.69, 9.17) is 82.6 Å². The third kappa shape index (κ3) is 52.9. The van der Waals surface area contributed by atoms with E-state index in [1.54, 1.807) is 58.9 Å². The molecular formula is C97H152N4O20. The summed E-state index contributed by atoms with van der Waals surface area (Å²) in [6.45, 7) is 64.5. The molecule has 10 unspecified atom stereocenters. The fraction of sp³-hybridized carbons (Fsp3) is 0.660. The van der Waals surface area contributed by atoms with Crippen molar-refractivity contribution in [2.75, 3.05) is 72.7 Å². The van der Waals surface area contributed by atoms with Gasteiger partial charge in [-0.25, -0.2) is 24.0 Å². The molecule has 0 spiro atoms. The highest BCUT2D eigenvalue weighted by atomic mass is 16.6. The number of esters is 7. The van der Waals surface area contributed by atoms with Crippen LogP contribution in [0.4, 0.5) is 0 Å². The average Bonchev–Trinajstić information content (AvgIpc) is 1.25. The van der Waals surface area contributed by atoms with Crippen LogP contribution in [0, 0.1) is 80.3 Å². The Bertz CT molecular complexity index is 3350. The van der Waals surface area contributed by atoms with Crippen molar-refractivity contribution in [3.05, 3.63) is 120 Å². The number of hydrogen-bond donors (Lipinski definition) is 0. The lowest BCUT2D eigenvalue weighted by molar-refractivity contribution is -0.156.